The number of hydrogen-bond acceptors (Lipinski definition) is 6. The molecule has 0 atom stereocenters. The molecule has 0 spiro atoms. The van der Waals surface area contributed by atoms with Crippen molar-refractivity contribution in [2.75, 3.05) is 4.72 Å². The second kappa shape index (κ2) is 7.22. The number of nitrogens with zero attached hydrogens (tertiary/aromatic N) is 3. The predicted molar refractivity (Wildman–Crippen MR) is 108 cm³/mol. The lowest BCUT2D eigenvalue weighted by Crippen LogP contribution is -2.16. The van der Waals surface area contributed by atoms with Crippen LogP contribution in [0.15, 0.2) is 60.5 Å². The number of benzene rings is 1. The number of fused-ring (bicyclic) bond motifs is 1. The van der Waals surface area contributed by atoms with E-state index in [1.54, 1.807) is 30.5 Å². The van der Waals surface area contributed by atoms with Gasteiger partial charge in [-0.1, -0.05) is 29.8 Å². The number of nitrogens with one attached hydrogen (secondary N) is 1. The Morgan fingerprint density at radius 1 is 1.11 bits per heavy atom. The lowest BCUT2D eigenvalue weighted by molar-refractivity contribution is 0.600. The zero-order valence-electron chi connectivity index (χ0n) is 13.8. The standard InChI is InChI=1S/C18H13ClN4O2S2/c19-14-5-3-13(4-6-14)15-9-26-18-16(15)17(21-11-22-18)23-27(24,25)10-12-2-1-7-20-8-12/h1-9,11H,10H2,(H,21,22,23). The van der Waals surface area contributed by atoms with E-state index in [1.165, 1.54) is 23.9 Å². The third kappa shape index (κ3) is 3.92. The van der Waals surface area contributed by atoms with Gasteiger partial charge >= 0.3 is 0 Å². The minimum atomic E-state index is -3.66. The second-order valence-corrected chi connectivity index (χ2v) is 8.80. The summed E-state index contributed by atoms with van der Waals surface area (Å²) >= 11 is 7.40. The molecule has 0 radical (unpaired) electrons. The number of rotatable bonds is 5. The minimum Gasteiger partial charge on any atom is -0.266 e. The first-order chi connectivity index (χ1) is 13.0. The summed E-state index contributed by atoms with van der Waals surface area (Å²) in [6.45, 7) is 0. The Hall–Kier alpha value is -2.55. The minimum absolute atomic E-state index is 0.188. The van der Waals surface area contributed by atoms with E-state index in [0.717, 1.165) is 11.1 Å². The molecule has 0 saturated carbocycles. The zero-order valence-corrected chi connectivity index (χ0v) is 16.2. The third-order valence-corrected chi connectivity index (χ3v) is 6.21. The summed E-state index contributed by atoms with van der Waals surface area (Å²) in [6.07, 6.45) is 4.48. The molecule has 3 heterocycles. The van der Waals surface area contributed by atoms with Gasteiger partial charge in [-0.15, -0.1) is 11.3 Å². The molecule has 136 valence electrons. The van der Waals surface area contributed by atoms with Crippen molar-refractivity contribution < 1.29 is 8.42 Å². The van der Waals surface area contributed by atoms with Crippen molar-refractivity contribution in [3.8, 4) is 11.1 Å². The van der Waals surface area contributed by atoms with Crippen LogP contribution in [-0.2, 0) is 15.8 Å². The lowest BCUT2D eigenvalue weighted by atomic mass is 10.1. The van der Waals surface area contributed by atoms with E-state index in [-0.39, 0.29) is 11.6 Å². The molecule has 0 bridgehead atoms. The zero-order chi connectivity index (χ0) is 18.9. The van der Waals surface area contributed by atoms with E-state index in [2.05, 4.69) is 19.7 Å². The predicted octanol–water partition coefficient (Wildman–Crippen LogP) is 4.35. The normalized spacial score (nSPS) is 11.6. The Labute approximate surface area is 165 Å². The van der Waals surface area contributed by atoms with Gasteiger partial charge in [0.2, 0.25) is 10.0 Å². The highest BCUT2D eigenvalue weighted by atomic mass is 35.5. The summed E-state index contributed by atoms with van der Waals surface area (Å²) in [5.74, 6) is 0.0716. The second-order valence-electron chi connectivity index (χ2n) is 5.78. The van der Waals surface area contributed by atoms with Crippen molar-refractivity contribution in [3.63, 3.8) is 0 Å². The summed E-state index contributed by atoms with van der Waals surface area (Å²) in [7, 11) is -3.66. The average Bonchev–Trinajstić information content (AvgIpc) is 3.08. The number of sulfonamides is 1. The molecule has 9 heteroatoms. The van der Waals surface area contributed by atoms with Gasteiger partial charge in [-0.05, 0) is 29.3 Å². The van der Waals surface area contributed by atoms with Crippen LogP contribution in [0.5, 0.6) is 0 Å². The fraction of sp³-hybridized carbons (Fsp3) is 0.0556. The van der Waals surface area contributed by atoms with Gasteiger partial charge < -0.3 is 0 Å². The molecule has 27 heavy (non-hydrogen) atoms. The molecule has 0 fully saturated rings. The highest BCUT2D eigenvalue weighted by Crippen LogP contribution is 2.37. The van der Waals surface area contributed by atoms with E-state index in [1.807, 2.05) is 17.5 Å². The fourth-order valence-electron chi connectivity index (χ4n) is 2.68. The maximum atomic E-state index is 12.6. The Kier molecular flexibility index (Phi) is 4.77. The smallest absolute Gasteiger partial charge is 0.238 e. The quantitative estimate of drug-likeness (QED) is 0.522. The van der Waals surface area contributed by atoms with Crippen molar-refractivity contribution in [2.45, 2.75) is 5.75 Å². The van der Waals surface area contributed by atoms with Gasteiger partial charge in [0.1, 0.15) is 11.2 Å². The average molecular weight is 417 g/mol. The van der Waals surface area contributed by atoms with Gasteiger partial charge in [-0.25, -0.2) is 18.4 Å². The molecule has 1 aromatic carbocycles. The molecule has 0 amide bonds. The lowest BCUT2D eigenvalue weighted by Gasteiger charge is -2.09. The number of aromatic nitrogens is 3. The summed E-state index contributed by atoms with van der Waals surface area (Å²) in [6, 6.07) is 10.7. The molecule has 4 aromatic rings. The van der Waals surface area contributed by atoms with E-state index in [0.29, 0.717) is 20.8 Å². The van der Waals surface area contributed by atoms with Gasteiger partial charge in [-0.2, -0.15) is 0 Å². The van der Waals surface area contributed by atoms with Crippen molar-refractivity contribution in [3.05, 3.63) is 71.1 Å². The molecule has 0 aliphatic carbocycles. The van der Waals surface area contributed by atoms with Crippen LogP contribution in [-0.4, -0.2) is 23.4 Å². The summed E-state index contributed by atoms with van der Waals surface area (Å²) < 4.78 is 27.8. The number of pyridine rings is 1. The number of halogens is 1. The van der Waals surface area contributed by atoms with Gasteiger partial charge in [0, 0.05) is 28.4 Å². The first-order valence-electron chi connectivity index (χ1n) is 7.89. The Morgan fingerprint density at radius 3 is 2.67 bits per heavy atom. The third-order valence-electron chi connectivity index (χ3n) is 3.86. The molecule has 3 aromatic heterocycles. The number of anilines is 1. The molecule has 0 saturated heterocycles. The molecule has 0 aliphatic rings. The molecular weight excluding hydrogens is 404 g/mol. The van der Waals surface area contributed by atoms with Crippen LogP contribution in [0.1, 0.15) is 5.56 Å². The molecule has 4 rings (SSSR count). The molecule has 1 N–H and O–H groups in total. The van der Waals surface area contributed by atoms with Crippen LogP contribution in [0.4, 0.5) is 5.82 Å². The van der Waals surface area contributed by atoms with E-state index < -0.39 is 10.0 Å². The SMILES string of the molecule is O=S(=O)(Cc1cccnc1)Nc1ncnc2scc(-c3ccc(Cl)cc3)c12. The highest BCUT2D eigenvalue weighted by molar-refractivity contribution is 7.91. The van der Waals surface area contributed by atoms with E-state index in [9.17, 15) is 8.42 Å². The fourth-order valence-corrected chi connectivity index (χ4v) is 4.85. The summed E-state index contributed by atoms with van der Waals surface area (Å²) in [5.41, 5.74) is 2.36. The van der Waals surface area contributed by atoms with E-state index >= 15 is 0 Å². The van der Waals surface area contributed by atoms with Gasteiger partial charge in [0.05, 0.1) is 11.1 Å². The van der Waals surface area contributed by atoms with Crippen LogP contribution < -0.4 is 4.72 Å². The number of thiophene rings is 1. The first-order valence-corrected chi connectivity index (χ1v) is 10.8. The summed E-state index contributed by atoms with van der Waals surface area (Å²) in [5, 5.41) is 3.23. The number of hydrogen-bond donors (Lipinski definition) is 1. The van der Waals surface area contributed by atoms with Gasteiger partial charge in [0.15, 0.2) is 5.82 Å². The molecule has 0 aliphatic heterocycles. The van der Waals surface area contributed by atoms with Crippen LogP contribution in [0.3, 0.4) is 0 Å². The Bertz CT molecular complexity index is 1190. The largest absolute Gasteiger partial charge is 0.266 e. The molecule has 0 unspecified atom stereocenters. The van der Waals surface area contributed by atoms with Crippen molar-refractivity contribution >= 4 is 49.0 Å². The maximum Gasteiger partial charge on any atom is 0.238 e. The first kappa shape index (κ1) is 17.8. The molecular formula is C18H13ClN4O2S2. The Balaban J connectivity index is 1.74. The molecule has 6 nitrogen and oxygen atoms in total. The van der Waals surface area contributed by atoms with Gasteiger partial charge in [0.25, 0.3) is 0 Å². The topological polar surface area (TPSA) is 84.8 Å². The van der Waals surface area contributed by atoms with Crippen molar-refractivity contribution in [1.82, 2.24) is 15.0 Å². The van der Waals surface area contributed by atoms with Crippen LogP contribution in [0.25, 0.3) is 21.3 Å². The van der Waals surface area contributed by atoms with Crippen LogP contribution in [0, 0.1) is 0 Å². The van der Waals surface area contributed by atoms with Gasteiger partial charge in [-0.3, -0.25) is 9.71 Å². The van der Waals surface area contributed by atoms with Crippen molar-refractivity contribution in [1.29, 1.82) is 0 Å². The maximum absolute atomic E-state index is 12.6. The van der Waals surface area contributed by atoms with Crippen LogP contribution in [0.2, 0.25) is 5.02 Å². The Morgan fingerprint density at radius 2 is 1.93 bits per heavy atom. The highest BCUT2D eigenvalue weighted by Gasteiger charge is 2.18. The summed E-state index contributed by atoms with van der Waals surface area (Å²) in [4.78, 5) is 13.1. The van der Waals surface area contributed by atoms with Crippen molar-refractivity contribution in [2.24, 2.45) is 0 Å². The van der Waals surface area contributed by atoms with E-state index in [4.69, 9.17) is 11.6 Å². The van der Waals surface area contributed by atoms with Crippen LogP contribution >= 0.6 is 22.9 Å². The monoisotopic (exact) mass is 416 g/mol.